The fourth-order valence-corrected chi connectivity index (χ4v) is 8.77. The summed E-state index contributed by atoms with van der Waals surface area (Å²) >= 11 is 9.38. The van der Waals surface area contributed by atoms with Crippen LogP contribution in [0.5, 0.6) is 0 Å². The molecular weight excluding hydrogens is 1150 g/mol. The fourth-order valence-electron chi connectivity index (χ4n) is 7.40. The number of carboxylic acid groups (broad SMARTS) is 1. The molecule has 0 spiro atoms. The smallest absolute Gasteiger partial charge is 0.305 e. The van der Waals surface area contributed by atoms with Crippen LogP contribution in [0, 0.1) is 5.41 Å². The van der Waals surface area contributed by atoms with E-state index in [0.29, 0.717) is 31.6 Å². The average Bonchev–Trinajstić information content (AvgIpc) is 3.45. The van der Waals surface area contributed by atoms with Crippen LogP contribution in [-0.4, -0.2) is 227 Å². The lowest BCUT2D eigenvalue weighted by Gasteiger charge is -2.26. The normalized spacial score (nSPS) is 21.2. The maximum absolute atomic E-state index is 14.3. The van der Waals surface area contributed by atoms with Gasteiger partial charge in [-0.1, -0.05) is 30.3 Å². The molecule has 1 heterocycles. The second-order valence-corrected chi connectivity index (χ2v) is 20.1. The van der Waals surface area contributed by atoms with E-state index >= 15 is 0 Å². The van der Waals surface area contributed by atoms with Crippen molar-refractivity contribution in [2.45, 2.75) is 94.2 Å². The van der Waals surface area contributed by atoms with Crippen molar-refractivity contribution in [3.05, 3.63) is 35.9 Å². The number of benzene rings is 1. The van der Waals surface area contributed by atoms with Crippen LogP contribution in [0.25, 0.3) is 0 Å². The van der Waals surface area contributed by atoms with E-state index in [2.05, 4.69) is 83.7 Å². The van der Waals surface area contributed by atoms with Crippen molar-refractivity contribution in [3.63, 3.8) is 0 Å². The molecule has 1 aliphatic rings. The topological polar surface area (TPSA) is 453 Å². The zero-order valence-corrected chi connectivity index (χ0v) is 49.0. The first-order valence-electron chi connectivity index (χ1n) is 26.9. The summed E-state index contributed by atoms with van der Waals surface area (Å²) in [6.45, 7) is 3.09. The summed E-state index contributed by atoms with van der Waals surface area (Å²) < 4.78 is 21.6. The van der Waals surface area contributed by atoms with E-state index in [1.807, 2.05) is 0 Å². The van der Waals surface area contributed by atoms with Crippen molar-refractivity contribution in [3.8, 4) is 0 Å². The first-order chi connectivity index (χ1) is 39.8. The first-order valence-corrected chi connectivity index (χ1v) is 29.3. The Morgan fingerprint density at radius 2 is 1.17 bits per heavy atom. The molecule has 1 aromatic rings. The number of amides is 10. The predicted octanol–water partition coefficient (Wildman–Crippen LogP) is -5.47. The molecule has 1 aliphatic heterocycles. The minimum atomic E-state index is -1.82. The van der Waals surface area contributed by atoms with Crippen molar-refractivity contribution < 1.29 is 76.8 Å². The van der Waals surface area contributed by atoms with Gasteiger partial charge in [0.15, 0.2) is 5.96 Å². The van der Waals surface area contributed by atoms with Gasteiger partial charge in [-0.25, -0.2) is 0 Å². The number of hydrogen-bond acceptors (Lipinski definition) is 20. The van der Waals surface area contributed by atoms with Crippen LogP contribution in [0.15, 0.2) is 30.3 Å². The molecule has 0 aromatic heterocycles. The Morgan fingerprint density at radius 1 is 0.639 bits per heavy atom. The Bertz CT molecular complexity index is 2250. The summed E-state index contributed by atoms with van der Waals surface area (Å²) in [6.07, 6.45) is -0.163. The molecule has 0 radical (unpaired) electrons. The Kier molecular flexibility index (Phi) is 37.8. The number of rotatable bonds is 30. The van der Waals surface area contributed by atoms with Crippen LogP contribution in [0.2, 0.25) is 0 Å². The van der Waals surface area contributed by atoms with Crippen molar-refractivity contribution in [1.29, 1.82) is 5.41 Å². The van der Waals surface area contributed by atoms with E-state index in [4.69, 9.17) is 35.8 Å². The van der Waals surface area contributed by atoms with Gasteiger partial charge in [0.2, 0.25) is 59.1 Å². The predicted molar refractivity (Wildman–Crippen MR) is 311 cm³/mol. The highest BCUT2D eigenvalue weighted by atomic mass is 32.2. The highest BCUT2D eigenvalue weighted by molar-refractivity contribution is 8.00. The van der Waals surface area contributed by atoms with Crippen molar-refractivity contribution in [1.82, 2.24) is 58.5 Å². The standard InChI is InChI=1S/C50H82N14O16S3/c1-2-77-26-40(66)54-15-17-78-19-21-80-22-20-79-18-16-55-44(71)38-29-83-30-41(67)58-33(11-6-7-13-51)45(72)62-36(27-81)48(75)60-32(12-8-14-56-50(52)53)43(70)57-25-39(65)59-35(24-42(68)69)47(74)63-37(28-82)49(76)61-34(46(73)64-38)23-31-9-4-3-5-10-31/h3-5,9-10,32-38,81-82H,2,6-8,11-30,51H2,1H3,(H,54,66)(H,55,71)(H,57,70)(H,58,67)(H,59,65)(H,60,75)(H,61,76)(H,62,72)(H,63,74)(H,64,73)(H,68,69)(H4,52,53,56)/t32-,33-,34-,35-,36-,37-,38-/m0/s1. The van der Waals surface area contributed by atoms with Gasteiger partial charge in [0.1, 0.15) is 48.9 Å². The summed E-state index contributed by atoms with van der Waals surface area (Å²) in [6, 6.07) is -1.69. The molecule has 0 aliphatic carbocycles. The minimum Gasteiger partial charge on any atom is -0.481 e. The number of thioether (sulfide) groups is 1. The van der Waals surface area contributed by atoms with E-state index in [0.717, 1.165) is 11.8 Å². The zero-order chi connectivity index (χ0) is 61.4. The second-order valence-electron chi connectivity index (χ2n) is 18.3. The summed E-state index contributed by atoms with van der Waals surface area (Å²) in [4.78, 5) is 147. The minimum absolute atomic E-state index is 0.0165. The average molecular weight is 1230 g/mol. The molecular formula is C50H82N14O16S3. The SMILES string of the molecule is CCOCC(=O)NCCOCCOCCOCCNC(=O)[C@@H]1CSCC(=O)N[C@@H](CCCCN)C(=O)N[C@@H](CS)C(=O)N[C@@H](CCCNC(=N)N)C(=O)NCC(=O)N[C@@H](CC(=O)O)C(=O)N[C@@H](CS)C(=O)N[C@@H](Cc2ccccc2)C(=O)N1. The van der Waals surface area contributed by atoms with E-state index < -0.39 is 120 Å². The Morgan fingerprint density at radius 3 is 1.76 bits per heavy atom. The third kappa shape index (κ3) is 32.2. The molecule has 33 heteroatoms. The number of carboxylic acids is 1. The van der Waals surface area contributed by atoms with E-state index in [9.17, 15) is 57.8 Å². The van der Waals surface area contributed by atoms with Gasteiger partial charge < -0.3 is 94.0 Å². The highest BCUT2D eigenvalue weighted by Gasteiger charge is 2.34. The number of nitrogens with two attached hydrogens (primary N) is 2. The third-order valence-electron chi connectivity index (χ3n) is 11.7. The fraction of sp³-hybridized carbons (Fsp3) is 0.640. The van der Waals surface area contributed by atoms with Gasteiger partial charge >= 0.3 is 5.97 Å². The van der Waals surface area contributed by atoms with Gasteiger partial charge in [0, 0.05) is 49.9 Å². The van der Waals surface area contributed by atoms with Crippen LogP contribution in [0.4, 0.5) is 0 Å². The van der Waals surface area contributed by atoms with Crippen LogP contribution < -0.4 is 70.0 Å². The Labute approximate surface area is 496 Å². The van der Waals surface area contributed by atoms with Gasteiger partial charge in [-0.15, -0.1) is 11.8 Å². The molecule has 10 amide bonds. The third-order valence-corrected chi connectivity index (χ3v) is 13.4. The van der Waals surface area contributed by atoms with Gasteiger partial charge in [-0.3, -0.25) is 58.1 Å². The van der Waals surface area contributed by atoms with Crippen molar-refractivity contribution in [2.75, 3.05) is 109 Å². The number of ether oxygens (including phenoxy) is 4. The number of guanidine groups is 1. The first kappa shape index (κ1) is 72.6. The molecule has 2 rings (SSSR count). The molecule has 1 saturated heterocycles. The molecule has 17 N–H and O–H groups in total. The van der Waals surface area contributed by atoms with Gasteiger partial charge in [-0.2, -0.15) is 25.3 Å². The van der Waals surface area contributed by atoms with Crippen molar-refractivity contribution >= 4 is 108 Å². The molecule has 83 heavy (non-hydrogen) atoms. The molecule has 7 atom stereocenters. The van der Waals surface area contributed by atoms with Crippen LogP contribution in [0.1, 0.15) is 51.0 Å². The van der Waals surface area contributed by atoms with Crippen LogP contribution in [-0.2, 0) is 78.1 Å². The Hall–Kier alpha value is -6.49. The molecule has 0 saturated carbocycles. The number of carbonyl (C=O) groups is 11. The number of thiol groups is 2. The number of unbranched alkanes of at least 4 members (excludes halogenated alkanes) is 1. The monoisotopic (exact) mass is 1230 g/mol. The lowest BCUT2D eigenvalue weighted by Crippen LogP contribution is -2.60. The molecule has 1 aromatic carbocycles. The Balaban J connectivity index is 2.45. The maximum atomic E-state index is 14.3. The van der Waals surface area contributed by atoms with Gasteiger partial charge in [0.25, 0.3) is 0 Å². The number of carbonyl (C=O) groups excluding carboxylic acids is 10. The van der Waals surface area contributed by atoms with E-state index in [1.54, 1.807) is 37.3 Å². The number of aliphatic carboxylic acids is 1. The highest BCUT2D eigenvalue weighted by Crippen LogP contribution is 2.10. The van der Waals surface area contributed by atoms with Crippen molar-refractivity contribution in [2.24, 2.45) is 11.5 Å². The molecule has 30 nitrogen and oxygen atoms in total. The summed E-state index contributed by atoms with van der Waals surface area (Å²) in [5.41, 5.74) is 11.7. The summed E-state index contributed by atoms with van der Waals surface area (Å²) in [7, 11) is 0. The maximum Gasteiger partial charge on any atom is 0.305 e. The lowest BCUT2D eigenvalue weighted by atomic mass is 10.0. The largest absolute Gasteiger partial charge is 0.481 e. The number of nitrogens with one attached hydrogen (secondary N) is 12. The molecule has 1 fully saturated rings. The van der Waals surface area contributed by atoms with Gasteiger partial charge in [0.05, 0.1) is 58.4 Å². The quantitative estimate of drug-likeness (QED) is 0.0148. The summed E-state index contributed by atoms with van der Waals surface area (Å²) in [5, 5.41) is 44.9. The van der Waals surface area contributed by atoms with Crippen LogP contribution >= 0.6 is 37.0 Å². The zero-order valence-electron chi connectivity index (χ0n) is 46.4. The number of hydrogen-bond donors (Lipinski definition) is 17. The molecule has 0 unspecified atom stereocenters. The van der Waals surface area contributed by atoms with E-state index in [-0.39, 0.29) is 121 Å². The molecule has 0 bridgehead atoms. The van der Waals surface area contributed by atoms with Crippen LogP contribution in [0.3, 0.4) is 0 Å². The van der Waals surface area contributed by atoms with Gasteiger partial charge in [-0.05, 0) is 51.1 Å². The molecule has 466 valence electrons. The second kappa shape index (κ2) is 43.2. The van der Waals surface area contributed by atoms with E-state index in [1.165, 1.54) is 0 Å². The lowest BCUT2D eigenvalue weighted by molar-refractivity contribution is -0.141. The summed E-state index contributed by atoms with van der Waals surface area (Å²) in [5.74, 6) is -11.4.